The molecule has 5 amide bonds. The summed E-state index contributed by atoms with van der Waals surface area (Å²) in [7, 11) is 0. The number of rotatable bonds is 7. The van der Waals surface area contributed by atoms with E-state index in [2.05, 4.69) is 10.6 Å². The summed E-state index contributed by atoms with van der Waals surface area (Å²) in [5.41, 5.74) is -0.623. The number of imide groups is 1. The number of carbonyl (C=O) groups is 4. The molecule has 1 atom stereocenters. The summed E-state index contributed by atoms with van der Waals surface area (Å²) in [6, 6.07) is 12.7. The SMILES string of the molecule is CCNC(=O)CN(CC)C(=O)CN1C(=O)NC(C)(c2ccc3ccccc3c2)C1=O. The molecule has 0 spiro atoms. The van der Waals surface area contributed by atoms with Crippen molar-refractivity contribution in [3.63, 3.8) is 0 Å². The molecule has 1 saturated heterocycles. The molecule has 2 aromatic carbocycles. The maximum atomic E-state index is 13.1. The molecule has 1 fully saturated rings. The van der Waals surface area contributed by atoms with Gasteiger partial charge in [0.1, 0.15) is 12.1 Å². The minimum absolute atomic E-state index is 0.116. The fourth-order valence-corrected chi connectivity index (χ4v) is 3.57. The molecule has 8 nitrogen and oxygen atoms in total. The lowest BCUT2D eigenvalue weighted by Crippen LogP contribution is -2.47. The second kappa shape index (κ2) is 8.52. The minimum Gasteiger partial charge on any atom is -0.355 e. The van der Waals surface area contributed by atoms with E-state index in [1.165, 1.54) is 4.90 Å². The van der Waals surface area contributed by atoms with E-state index in [0.29, 0.717) is 18.7 Å². The maximum Gasteiger partial charge on any atom is 0.325 e. The Morgan fingerprint density at radius 1 is 1.10 bits per heavy atom. The van der Waals surface area contributed by atoms with Gasteiger partial charge in [-0.25, -0.2) is 4.79 Å². The summed E-state index contributed by atoms with van der Waals surface area (Å²) in [5, 5.41) is 7.33. The smallest absolute Gasteiger partial charge is 0.325 e. The van der Waals surface area contributed by atoms with E-state index in [4.69, 9.17) is 0 Å². The van der Waals surface area contributed by atoms with Gasteiger partial charge in [0.05, 0.1) is 6.54 Å². The van der Waals surface area contributed by atoms with Crippen LogP contribution in [-0.2, 0) is 19.9 Å². The third-order valence-electron chi connectivity index (χ3n) is 5.34. The zero-order valence-electron chi connectivity index (χ0n) is 17.4. The van der Waals surface area contributed by atoms with Crippen LogP contribution in [0.1, 0.15) is 26.3 Å². The molecule has 3 rings (SSSR count). The van der Waals surface area contributed by atoms with Gasteiger partial charge < -0.3 is 15.5 Å². The van der Waals surface area contributed by atoms with Gasteiger partial charge in [-0.05, 0) is 43.2 Å². The highest BCUT2D eigenvalue weighted by Crippen LogP contribution is 2.31. The monoisotopic (exact) mass is 410 g/mol. The molecule has 0 radical (unpaired) electrons. The summed E-state index contributed by atoms with van der Waals surface area (Å²) >= 11 is 0. The van der Waals surface area contributed by atoms with E-state index in [9.17, 15) is 19.2 Å². The zero-order valence-corrected chi connectivity index (χ0v) is 17.4. The molecular formula is C22H26N4O4. The van der Waals surface area contributed by atoms with Crippen LogP contribution in [0, 0.1) is 0 Å². The van der Waals surface area contributed by atoms with Crippen LogP contribution in [0.4, 0.5) is 4.79 Å². The highest BCUT2D eigenvalue weighted by atomic mass is 16.2. The molecule has 1 heterocycles. The first-order valence-electron chi connectivity index (χ1n) is 9.98. The Balaban J connectivity index is 1.79. The van der Waals surface area contributed by atoms with E-state index in [-0.39, 0.29) is 12.5 Å². The molecule has 0 aromatic heterocycles. The number of nitrogens with one attached hydrogen (secondary N) is 2. The number of fused-ring (bicyclic) bond motifs is 1. The predicted molar refractivity (Wildman–Crippen MR) is 112 cm³/mol. The number of carbonyl (C=O) groups excluding carboxylic acids is 4. The summed E-state index contributed by atoms with van der Waals surface area (Å²) in [5.74, 6) is -1.24. The molecule has 1 aliphatic rings. The Labute approximate surface area is 175 Å². The van der Waals surface area contributed by atoms with Crippen molar-refractivity contribution >= 4 is 34.5 Å². The second-order valence-corrected chi connectivity index (χ2v) is 7.37. The highest BCUT2D eigenvalue weighted by molar-refractivity contribution is 6.09. The molecule has 1 aliphatic heterocycles. The van der Waals surface area contributed by atoms with Crippen LogP contribution in [0.5, 0.6) is 0 Å². The first kappa shape index (κ1) is 21.3. The fourth-order valence-electron chi connectivity index (χ4n) is 3.57. The van der Waals surface area contributed by atoms with Gasteiger partial charge in [-0.2, -0.15) is 0 Å². The van der Waals surface area contributed by atoms with Crippen LogP contribution < -0.4 is 10.6 Å². The number of urea groups is 1. The van der Waals surface area contributed by atoms with E-state index >= 15 is 0 Å². The maximum absolute atomic E-state index is 13.1. The van der Waals surface area contributed by atoms with Crippen LogP contribution in [0.2, 0.25) is 0 Å². The number of hydrogen-bond acceptors (Lipinski definition) is 4. The van der Waals surface area contributed by atoms with Gasteiger partial charge >= 0.3 is 6.03 Å². The highest BCUT2D eigenvalue weighted by Gasteiger charge is 2.49. The van der Waals surface area contributed by atoms with Crippen molar-refractivity contribution in [3.05, 3.63) is 48.0 Å². The first-order valence-corrected chi connectivity index (χ1v) is 9.98. The molecule has 2 aromatic rings. The number of likely N-dealkylation sites (N-methyl/N-ethyl adjacent to an activating group) is 2. The van der Waals surface area contributed by atoms with Crippen LogP contribution in [0.15, 0.2) is 42.5 Å². The van der Waals surface area contributed by atoms with E-state index in [1.54, 1.807) is 26.8 Å². The molecular weight excluding hydrogens is 384 g/mol. The first-order chi connectivity index (χ1) is 14.3. The van der Waals surface area contributed by atoms with Crippen molar-refractivity contribution < 1.29 is 19.2 Å². The Hall–Kier alpha value is -3.42. The van der Waals surface area contributed by atoms with Crippen molar-refractivity contribution in [1.29, 1.82) is 0 Å². The molecule has 2 N–H and O–H groups in total. The Morgan fingerprint density at radius 3 is 2.47 bits per heavy atom. The van der Waals surface area contributed by atoms with Gasteiger partial charge in [0.15, 0.2) is 0 Å². The van der Waals surface area contributed by atoms with E-state index in [1.807, 2.05) is 36.4 Å². The standard InChI is InChI=1S/C22H26N4O4/c1-4-23-18(27)13-25(5-2)19(28)14-26-20(29)22(3,24-21(26)30)17-11-10-15-8-6-7-9-16(15)12-17/h6-12H,4-5,13-14H2,1-3H3,(H,23,27)(H,24,30). The average Bonchev–Trinajstić information content (AvgIpc) is 2.95. The molecule has 8 heteroatoms. The van der Waals surface area contributed by atoms with Crippen LogP contribution in [-0.4, -0.2) is 59.7 Å². The van der Waals surface area contributed by atoms with Crippen LogP contribution in [0.25, 0.3) is 10.8 Å². The van der Waals surface area contributed by atoms with E-state index < -0.39 is 29.9 Å². The predicted octanol–water partition coefficient (Wildman–Crippen LogP) is 1.59. The van der Waals surface area contributed by atoms with Crippen molar-refractivity contribution in [3.8, 4) is 0 Å². The Bertz CT molecular complexity index is 1010. The van der Waals surface area contributed by atoms with Crippen LogP contribution >= 0.6 is 0 Å². The average molecular weight is 410 g/mol. The van der Waals surface area contributed by atoms with Crippen molar-refractivity contribution in [2.75, 3.05) is 26.2 Å². The van der Waals surface area contributed by atoms with Gasteiger partial charge in [0, 0.05) is 13.1 Å². The topological polar surface area (TPSA) is 98.8 Å². The number of nitrogens with zero attached hydrogens (tertiary/aromatic N) is 2. The Morgan fingerprint density at radius 2 is 1.80 bits per heavy atom. The lowest BCUT2D eigenvalue weighted by atomic mass is 9.90. The fraction of sp³-hybridized carbons (Fsp3) is 0.364. The van der Waals surface area contributed by atoms with Gasteiger partial charge in [-0.15, -0.1) is 0 Å². The zero-order chi connectivity index (χ0) is 21.9. The van der Waals surface area contributed by atoms with E-state index in [0.717, 1.165) is 15.7 Å². The van der Waals surface area contributed by atoms with Gasteiger partial charge in [-0.3, -0.25) is 19.3 Å². The third-order valence-corrected chi connectivity index (χ3v) is 5.34. The largest absolute Gasteiger partial charge is 0.355 e. The van der Waals surface area contributed by atoms with Crippen molar-refractivity contribution in [1.82, 2.24) is 20.4 Å². The number of benzene rings is 2. The van der Waals surface area contributed by atoms with Crippen molar-refractivity contribution in [2.24, 2.45) is 0 Å². The van der Waals surface area contributed by atoms with Crippen molar-refractivity contribution in [2.45, 2.75) is 26.3 Å². The lowest BCUT2D eigenvalue weighted by Gasteiger charge is -2.24. The number of hydrogen-bond donors (Lipinski definition) is 2. The molecule has 0 aliphatic carbocycles. The Kier molecular flexibility index (Phi) is 6.05. The summed E-state index contributed by atoms with van der Waals surface area (Å²) in [6.07, 6.45) is 0. The quantitative estimate of drug-likeness (QED) is 0.677. The summed E-state index contributed by atoms with van der Waals surface area (Å²) in [6.45, 7) is 5.38. The molecule has 158 valence electrons. The van der Waals surface area contributed by atoms with Gasteiger partial charge in [0.2, 0.25) is 11.8 Å². The number of amides is 5. The van der Waals surface area contributed by atoms with Gasteiger partial charge in [-0.1, -0.05) is 36.4 Å². The van der Waals surface area contributed by atoms with Crippen LogP contribution in [0.3, 0.4) is 0 Å². The lowest BCUT2D eigenvalue weighted by molar-refractivity contribution is -0.140. The second-order valence-electron chi connectivity index (χ2n) is 7.37. The molecule has 30 heavy (non-hydrogen) atoms. The normalized spacial score (nSPS) is 18.4. The van der Waals surface area contributed by atoms with Gasteiger partial charge in [0.25, 0.3) is 5.91 Å². The minimum atomic E-state index is -1.27. The molecule has 0 bridgehead atoms. The molecule has 0 saturated carbocycles. The summed E-state index contributed by atoms with van der Waals surface area (Å²) < 4.78 is 0. The summed E-state index contributed by atoms with van der Waals surface area (Å²) in [4.78, 5) is 52.4. The third kappa shape index (κ3) is 3.98. The molecule has 1 unspecified atom stereocenters.